The molecule has 1 aromatic heterocycles. The van der Waals surface area contributed by atoms with E-state index in [9.17, 15) is 9.90 Å². The fourth-order valence-corrected chi connectivity index (χ4v) is 1.57. The number of rotatable bonds is 5. The maximum atomic E-state index is 11.6. The van der Waals surface area contributed by atoms with E-state index in [1.165, 1.54) is 0 Å². The molecule has 17 heavy (non-hydrogen) atoms. The molecule has 0 aliphatic carbocycles. The third-order valence-corrected chi connectivity index (χ3v) is 2.15. The lowest BCUT2D eigenvalue weighted by Crippen LogP contribution is -2.47. The Hall–Kier alpha value is -1.40. The summed E-state index contributed by atoms with van der Waals surface area (Å²) in [6.07, 6.45) is 0. The van der Waals surface area contributed by atoms with Crippen LogP contribution in [0.25, 0.3) is 0 Å². The Morgan fingerprint density at radius 3 is 2.76 bits per heavy atom. The molecule has 0 saturated heterocycles. The molecule has 0 radical (unpaired) electrons. The van der Waals surface area contributed by atoms with Crippen molar-refractivity contribution in [2.45, 2.75) is 19.4 Å². The van der Waals surface area contributed by atoms with Gasteiger partial charge in [-0.25, -0.2) is 0 Å². The average Bonchev–Trinajstić information content (AvgIpc) is 2.59. The van der Waals surface area contributed by atoms with Gasteiger partial charge in [0.25, 0.3) is 5.91 Å². The summed E-state index contributed by atoms with van der Waals surface area (Å²) in [5.41, 5.74) is -0.749. The van der Waals surface area contributed by atoms with Gasteiger partial charge >= 0.3 is 0 Å². The van der Waals surface area contributed by atoms with Gasteiger partial charge in [-0.1, -0.05) is 5.16 Å². The Kier molecular flexibility index (Phi) is 4.25. The van der Waals surface area contributed by atoms with Crippen LogP contribution in [0.5, 0.6) is 0 Å². The summed E-state index contributed by atoms with van der Waals surface area (Å²) >= 11 is 0. The molecule has 0 aromatic carbocycles. The van der Waals surface area contributed by atoms with Gasteiger partial charge in [-0.2, -0.15) is 0 Å². The summed E-state index contributed by atoms with van der Waals surface area (Å²) in [6.45, 7) is 4.01. The number of nitrogens with zero attached hydrogens (tertiary/aromatic N) is 2. The number of carbonyl (C=O) groups is 1. The van der Waals surface area contributed by atoms with Gasteiger partial charge in [-0.3, -0.25) is 4.79 Å². The Labute approximate surface area is 101 Å². The maximum absolute atomic E-state index is 11.6. The van der Waals surface area contributed by atoms with Gasteiger partial charge in [0, 0.05) is 19.2 Å². The van der Waals surface area contributed by atoms with Gasteiger partial charge in [0.15, 0.2) is 5.69 Å². The van der Waals surface area contributed by atoms with Crippen LogP contribution in [0.2, 0.25) is 0 Å². The van der Waals surface area contributed by atoms with Crippen molar-refractivity contribution in [3.05, 3.63) is 17.5 Å². The lowest BCUT2D eigenvalue weighted by molar-refractivity contribution is 0.0324. The second kappa shape index (κ2) is 5.29. The van der Waals surface area contributed by atoms with Crippen molar-refractivity contribution >= 4 is 5.91 Å². The van der Waals surface area contributed by atoms with Crippen molar-refractivity contribution < 1.29 is 14.4 Å². The predicted octanol–water partition coefficient (Wildman–Crippen LogP) is 0.0254. The molecule has 1 aromatic rings. The maximum Gasteiger partial charge on any atom is 0.273 e. The second-order valence-electron chi connectivity index (χ2n) is 4.74. The highest BCUT2D eigenvalue weighted by molar-refractivity contribution is 5.92. The number of aliphatic hydroxyl groups is 1. The van der Waals surface area contributed by atoms with E-state index < -0.39 is 5.60 Å². The number of aromatic nitrogens is 1. The first-order valence-corrected chi connectivity index (χ1v) is 5.39. The number of nitrogens with one attached hydrogen (secondary N) is 1. The minimum atomic E-state index is -0.974. The SMILES string of the molecule is Cc1cc(C(=O)NCC(C)(O)CN(C)C)no1. The molecule has 0 aliphatic rings. The standard InChI is InChI=1S/C11H19N3O3/c1-8-5-9(13-17-8)10(15)12-6-11(2,16)7-14(3)4/h5,16H,6-7H2,1-4H3,(H,12,15). The van der Waals surface area contributed by atoms with E-state index in [4.69, 9.17) is 4.52 Å². The zero-order chi connectivity index (χ0) is 13.1. The highest BCUT2D eigenvalue weighted by Gasteiger charge is 2.23. The summed E-state index contributed by atoms with van der Waals surface area (Å²) in [6, 6.07) is 1.55. The number of likely N-dealkylation sites (N-methyl/N-ethyl adjacent to an activating group) is 1. The molecule has 1 atom stereocenters. The van der Waals surface area contributed by atoms with Gasteiger partial charge in [0.05, 0.1) is 5.60 Å². The molecule has 1 heterocycles. The lowest BCUT2D eigenvalue weighted by Gasteiger charge is -2.26. The van der Waals surface area contributed by atoms with Gasteiger partial charge in [0.1, 0.15) is 5.76 Å². The Balaban J connectivity index is 2.48. The molecule has 0 bridgehead atoms. The number of aryl methyl sites for hydroxylation is 1. The number of hydrogen-bond donors (Lipinski definition) is 2. The number of hydrogen-bond acceptors (Lipinski definition) is 5. The first-order valence-electron chi connectivity index (χ1n) is 5.39. The van der Waals surface area contributed by atoms with Crippen molar-refractivity contribution in [2.75, 3.05) is 27.2 Å². The largest absolute Gasteiger partial charge is 0.387 e. The fraction of sp³-hybridized carbons (Fsp3) is 0.636. The zero-order valence-electron chi connectivity index (χ0n) is 10.6. The summed E-state index contributed by atoms with van der Waals surface area (Å²) in [7, 11) is 3.72. The van der Waals surface area contributed by atoms with Gasteiger partial charge in [-0.15, -0.1) is 0 Å². The Morgan fingerprint density at radius 2 is 2.29 bits per heavy atom. The van der Waals surface area contributed by atoms with Crippen molar-refractivity contribution in [1.29, 1.82) is 0 Å². The Morgan fingerprint density at radius 1 is 1.65 bits per heavy atom. The molecule has 0 aliphatic heterocycles. The molecule has 2 N–H and O–H groups in total. The van der Waals surface area contributed by atoms with Crippen LogP contribution in [0.15, 0.2) is 10.6 Å². The lowest BCUT2D eigenvalue weighted by atomic mass is 10.1. The van der Waals surface area contributed by atoms with Gasteiger partial charge < -0.3 is 19.8 Å². The molecular weight excluding hydrogens is 222 g/mol. The van der Waals surface area contributed by atoms with Gasteiger partial charge in [-0.05, 0) is 27.9 Å². The topological polar surface area (TPSA) is 78.6 Å². The monoisotopic (exact) mass is 241 g/mol. The van der Waals surface area contributed by atoms with Crippen LogP contribution in [-0.2, 0) is 0 Å². The third-order valence-electron chi connectivity index (χ3n) is 2.15. The van der Waals surface area contributed by atoms with E-state index in [2.05, 4.69) is 10.5 Å². The van der Waals surface area contributed by atoms with Crippen molar-refractivity contribution in [2.24, 2.45) is 0 Å². The van der Waals surface area contributed by atoms with Crippen LogP contribution in [0.3, 0.4) is 0 Å². The summed E-state index contributed by atoms with van der Waals surface area (Å²) in [4.78, 5) is 13.5. The van der Waals surface area contributed by atoms with E-state index in [0.29, 0.717) is 12.3 Å². The van der Waals surface area contributed by atoms with Crippen LogP contribution in [-0.4, -0.2) is 53.9 Å². The van der Waals surface area contributed by atoms with E-state index in [1.807, 2.05) is 19.0 Å². The Bertz CT molecular complexity index is 385. The molecule has 0 fully saturated rings. The highest BCUT2D eigenvalue weighted by atomic mass is 16.5. The number of amides is 1. The quantitative estimate of drug-likeness (QED) is 0.760. The minimum absolute atomic E-state index is 0.163. The summed E-state index contributed by atoms with van der Waals surface area (Å²) in [5, 5.41) is 16.2. The van der Waals surface area contributed by atoms with E-state index in [0.717, 1.165) is 0 Å². The van der Waals surface area contributed by atoms with Crippen molar-refractivity contribution in [3.8, 4) is 0 Å². The second-order valence-corrected chi connectivity index (χ2v) is 4.74. The van der Waals surface area contributed by atoms with E-state index >= 15 is 0 Å². The van der Waals surface area contributed by atoms with Crippen LogP contribution >= 0.6 is 0 Å². The zero-order valence-corrected chi connectivity index (χ0v) is 10.6. The molecule has 6 heteroatoms. The summed E-state index contributed by atoms with van der Waals surface area (Å²) in [5.74, 6) is 0.232. The first kappa shape index (κ1) is 13.7. The molecule has 1 amide bonds. The summed E-state index contributed by atoms with van der Waals surface area (Å²) < 4.78 is 4.80. The van der Waals surface area contributed by atoms with Crippen molar-refractivity contribution in [3.63, 3.8) is 0 Å². The van der Waals surface area contributed by atoms with E-state index in [1.54, 1.807) is 19.9 Å². The molecule has 0 spiro atoms. The highest BCUT2D eigenvalue weighted by Crippen LogP contribution is 2.05. The van der Waals surface area contributed by atoms with Crippen molar-refractivity contribution in [1.82, 2.24) is 15.4 Å². The van der Waals surface area contributed by atoms with Crippen LogP contribution in [0.4, 0.5) is 0 Å². The normalized spacial score (nSPS) is 14.7. The van der Waals surface area contributed by atoms with Crippen LogP contribution in [0, 0.1) is 6.92 Å². The molecule has 1 rings (SSSR count). The molecule has 1 unspecified atom stereocenters. The first-order chi connectivity index (χ1) is 7.80. The van der Waals surface area contributed by atoms with Crippen LogP contribution < -0.4 is 5.32 Å². The molecule has 6 nitrogen and oxygen atoms in total. The molecule has 96 valence electrons. The molecular formula is C11H19N3O3. The van der Waals surface area contributed by atoms with E-state index in [-0.39, 0.29) is 18.1 Å². The third kappa shape index (κ3) is 4.54. The fourth-order valence-electron chi connectivity index (χ4n) is 1.57. The minimum Gasteiger partial charge on any atom is -0.387 e. The van der Waals surface area contributed by atoms with Crippen LogP contribution in [0.1, 0.15) is 23.2 Å². The number of carbonyl (C=O) groups excluding carboxylic acids is 1. The smallest absolute Gasteiger partial charge is 0.273 e. The average molecular weight is 241 g/mol. The van der Waals surface area contributed by atoms with Gasteiger partial charge in [0.2, 0.25) is 0 Å². The predicted molar refractivity (Wildman–Crippen MR) is 62.8 cm³/mol. The molecule has 0 saturated carbocycles.